The molecule has 2 rings (SSSR count). The van der Waals surface area contributed by atoms with Crippen molar-refractivity contribution in [3.63, 3.8) is 0 Å². The molecule has 1 amide bonds. The number of carbonyl (C=O) groups is 1. The van der Waals surface area contributed by atoms with E-state index in [4.69, 9.17) is 9.84 Å². The van der Waals surface area contributed by atoms with E-state index in [-0.39, 0.29) is 0 Å². The molecule has 0 fully saturated rings. The Labute approximate surface area is 117 Å². The molecule has 0 radical (unpaired) electrons. The van der Waals surface area contributed by atoms with Crippen LogP contribution < -0.4 is 10.1 Å². The smallest absolute Gasteiger partial charge is 0.409 e. The van der Waals surface area contributed by atoms with Crippen molar-refractivity contribution in [1.29, 1.82) is 0 Å². The molecule has 2 aromatic rings. The molecule has 0 heterocycles. The van der Waals surface area contributed by atoms with Crippen LogP contribution in [0.3, 0.4) is 0 Å². The third-order valence-electron chi connectivity index (χ3n) is 2.91. The second kappa shape index (κ2) is 5.93. The molecule has 4 heteroatoms. The van der Waals surface area contributed by atoms with Gasteiger partial charge in [0.05, 0.1) is 12.8 Å². The van der Waals surface area contributed by atoms with Gasteiger partial charge in [-0.2, -0.15) is 0 Å². The number of anilines is 1. The van der Waals surface area contributed by atoms with Crippen molar-refractivity contribution in [1.82, 2.24) is 0 Å². The lowest BCUT2D eigenvalue weighted by atomic mass is 9.98. The van der Waals surface area contributed by atoms with E-state index in [0.717, 1.165) is 22.4 Å². The summed E-state index contributed by atoms with van der Waals surface area (Å²) in [6.07, 6.45) is -1.10. The molecule has 0 aliphatic rings. The van der Waals surface area contributed by atoms with E-state index in [2.05, 4.69) is 11.9 Å². The number of hydrogen-bond acceptors (Lipinski definition) is 2. The molecule has 0 aromatic heterocycles. The summed E-state index contributed by atoms with van der Waals surface area (Å²) in [5.74, 6) is 0.729. The summed E-state index contributed by atoms with van der Waals surface area (Å²) in [7, 11) is 1.60. The Morgan fingerprint density at radius 1 is 1.20 bits per heavy atom. The Balaban J connectivity index is 2.40. The first-order chi connectivity index (χ1) is 9.61. The Kier molecular flexibility index (Phi) is 4.05. The number of carboxylic acid groups (broad SMARTS) is 1. The normalized spacial score (nSPS) is 9.85. The summed E-state index contributed by atoms with van der Waals surface area (Å²) in [4.78, 5) is 10.8. The van der Waals surface area contributed by atoms with Gasteiger partial charge in [0.25, 0.3) is 0 Å². The van der Waals surface area contributed by atoms with Gasteiger partial charge in [-0.1, -0.05) is 36.9 Å². The van der Waals surface area contributed by atoms with E-state index in [9.17, 15) is 4.79 Å². The number of benzene rings is 2. The van der Waals surface area contributed by atoms with Gasteiger partial charge in [-0.15, -0.1) is 0 Å². The molecule has 2 aromatic carbocycles. The van der Waals surface area contributed by atoms with Gasteiger partial charge in [0.2, 0.25) is 0 Å². The highest BCUT2D eigenvalue weighted by atomic mass is 16.5. The molecule has 0 spiro atoms. The Bertz CT molecular complexity index is 650. The maximum Gasteiger partial charge on any atom is 0.409 e. The molecule has 0 unspecified atom stereocenters. The van der Waals surface area contributed by atoms with E-state index in [1.165, 1.54) is 0 Å². The van der Waals surface area contributed by atoms with Gasteiger partial charge in [0.15, 0.2) is 0 Å². The molecular formula is C16H15NO3. The summed E-state index contributed by atoms with van der Waals surface area (Å²) in [6, 6.07) is 14.6. The van der Waals surface area contributed by atoms with Crippen molar-refractivity contribution < 1.29 is 14.6 Å². The fourth-order valence-corrected chi connectivity index (χ4v) is 1.94. The average molecular weight is 269 g/mol. The zero-order valence-corrected chi connectivity index (χ0v) is 11.1. The molecule has 0 saturated carbocycles. The second-order valence-electron chi connectivity index (χ2n) is 4.19. The minimum Gasteiger partial charge on any atom is -0.497 e. The number of hydrogen-bond donors (Lipinski definition) is 2. The SMILES string of the molecule is C=C(c1cccc(OC)c1)c1ccccc1NC(=O)O. The number of ether oxygens (including phenoxy) is 1. The Hall–Kier alpha value is -2.75. The van der Waals surface area contributed by atoms with E-state index in [1.807, 2.05) is 36.4 Å². The molecule has 2 N–H and O–H groups in total. The van der Waals surface area contributed by atoms with Gasteiger partial charge < -0.3 is 9.84 Å². The maximum atomic E-state index is 10.8. The second-order valence-corrected chi connectivity index (χ2v) is 4.19. The first-order valence-corrected chi connectivity index (χ1v) is 6.04. The van der Waals surface area contributed by atoms with Crippen molar-refractivity contribution in [3.8, 4) is 5.75 Å². The van der Waals surface area contributed by atoms with Crippen molar-refractivity contribution >= 4 is 17.4 Å². The van der Waals surface area contributed by atoms with Crippen molar-refractivity contribution in [2.45, 2.75) is 0 Å². The summed E-state index contributed by atoms with van der Waals surface area (Å²) < 4.78 is 5.18. The van der Waals surface area contributed by atoms with Crippen LogP contribution in [0.25, 0.3) is 5.57 Å². The van der Waals surface area contributed by atoms with Gasteiger partial charge in [-0.05, 0) is 29.3 Å². The molecule has 20 heavy (non-hydrogen) atoms. The minimum atomic E-state index is -1.10. The third kappa shape index (κ3) is 2.98. The van der Waals surface area contributed by atoms with Crippen LogP contribution in [0.5, 0.6) is 5.75 Å². The van der Waals surface area contributed by atoms with Gasteiger partial charge in [-0.3, -0.25) is 5.32 Å². The lowest BCUT2D eigenvalue weighted by Crippen LogP contribution is -2.09. The predicted molar refractivity (Wildman–Crippen MR) is 79.2 cm³/mol. The fourth-order valence-electron chi connectivity index (χ4n) is 1.94. The first-order valence-electron chi connectivity index (χ1n) is 6.04. The van der Waals surface area contributed by atoms with Crippen LogP contribution in [0.15, 0.2) is 55.1 Å². The third-order valence-corrected chi connectivity index (χ3v) is 2.91. The number of methoxy groups -OCH3 is 1. The van der Waals surface area contributed by atoms with Crippen molar-refractivity contribution in [3.05, 3.63) is 66.2 Å². The van der Waals surface area contributed by atoms with Crippen LogP contribution in [0.4, 0.5) is 10.5 Å². The van der Waals surface area contributed by atoms with Crippen LogP contribution in [0, 0.1) is 0 Å². The van der Waals surface area contributed by atoms with Crippen LogP contribution in [-0.4, -0.2) is 18.3 Å². The van der Waals surface area contributed by atoms with Crippen molar-refractivity contribution in [2.24, 2.45) is 0 Å². The minimum absolute atomic E-state index is 0.507. The number of rotatable bonds is 4. The lowest BCUT2D eigenvalue weighted by molar-refractivity contribution is 0.209. The summed E-state index contributed by atoms with van der Waals surface area (Å²) in [5, 5.41) is 11.2. The molecule has 0 bridgehead atoms. The molecule has 0 aliphatic heterocycles. The van der Waals surface area contributed by atoms with Crippen LogP contribution in [-0.2, 0) is 0 Å². The Morgan fingerprint density at radius 2 is 1.95 bits per heavy atom. The number of nitrogens with one attached hydrogen (secondary N) is 1. The molecule has 0 aliphatic carbocycles. The zero-order chi connectivity index (χ0) is 14.5. The predicted octanol–water partition coefficient (Wildman–Crippen LogP) is 3.85. The molecule has 102 valence electrons. The molecule has 4 nitrogen and oxygen atoms in total. The first kappa shape index (κ1) is 13.7. The van der Waals surface area contributed by atoms with Crippen LogP contribution >= 0.6 is 0 Å². The molecule has 0 saturated heterocycles. The topological polar surface area (TPSA) is 58.6 Å². The van der Waals surface area contributed by atoms with Crippen LogP contribution in [0.2, 0.25) is 0 Å². The van der Waals surface area contributed by atoms with Gasteiger partial charge in [0.1, 0.15) is 5.75 Å². The van der Waals surface area contributed by atoms with Gasteiger partial charge in [-0.25, -0.2) is 4.79 Å². The van der Waals surface area contributed by atoms with E-state index in [0.29, 0.717) is 5.69 Å². The monoisotopic (exact) mass is 269 g/mol. The fraction of sp³-hybridized carbons (Fsp3) is 0.0625. The Morgan fingerprint density at radius 3 is 2.65 bits per heavy atom. The summed E-state index contributed by atoms with van der Waals surface area (Å²) in [6.45, 7) is 4.05. The van der Waals surface area contributed by atoms with Crippen molar-refractivity contribution in [2.75, 3.05) is 12.4 Å². The molecular weight excluding hydrogens is 254 g/mol. The van der Waals surface area contributed by atoms with Gasteiger partial charge in [0, 0.05) is 5.56 Å². The van der Waals surface area contributed by atoms with Crippen LogP contribution in [0.1, 0.15) is 11.1 Å². The van der Waals surface area contributed by atoms with Gasteiger partial charge >= 0.3 is 6.09 Å². The maximum absolute atomic E-state index is 10.8. The number of para-hydroxylation sites is 1. The van der Waals surface area contributed by atoms with E-state index < -0.39 is 6.09 Å². The summed E-state index contributed by atoms with van der Waals surface area (Å²) >= 11 is 0. The van der Waals surface area contributed by atoms with E-state index in [1.54, 1.807) is 19.2 Å². The lowest BCUT2D eigenvalue weighted by Gasteiger charge is -2.12. The highest BCUT2D eigenvalue weighted by Crippen LogP contribution is 2.29. The highest BCUT2D eigenvalue weighted by molar-refractivity contribution is 5.92. The largest absolute Gasteiger partial charge is 0.497 e. The standard InChI is InChI=1S/C16H15NO3/c1-11(12-6-5-7-13(10-12)20-2)14-8-3-4-9-15(14)17-16(18)19/h3-10,17H,1H2,2H3,(H,18,19). The molecule has 0 atom stereocenters. The highest BCUT2D eigenvalue weighted by Gasteiger charge is 2.10. The van der Waals surface area contributed by atoms with E-state index >= 15 is 0 Å². The summed E-state index contributed by atoms with van der Waals surface area (Å²) in [5.41, 5.74) is 2.85. The number of amides is 1. The zero-order valence-electron chi connectivity index (χ0n) is 11.1. The average Bonchev–Trinajstić information content (AvgIpc) is 2.46. The quantitative estimate of drug-likeness (QED) is 0.886.